The Morgan fingerprint density at radius 2 is 2.31 bits per heavy atom. The van der Waals surface area contributed by atoms with Crippen molar-refractivity contribution < 1.29 is 14.7 Å². The van der Waals surface area contributed by atoms with E-state index in [1.54, 1.807) is 0 Å². The second-order valence-corrected chi connectivity index (χ2v) is 3.38. The second-order valence-electron chi connectivity index (χ2n) is 3.38. The van der Waals surface area contributed by atoms with Crippen LogP contribution in [0.3, 0.4) is 0 Å². The minimum atomic E-state index is -0.173. The first-order valence-corrected chi connectivity index (χ1v) is 4.40. The molecule has 0 saturated carbocycles. The van der Waals surface area contributed by atoms with Crippen molar-refractivity contribution in [1.82, 2.24) is 0 Å². The molecule has 1 aliphatic heterocycles. The molecule has 0 fully saturated rings. The number of hydrogen-bond donors (Lipinski definition) is 1. The van der Waals surface area contributed by atoms with Crippen molar-refractivity contribution in [1.29, 1.82) is 0 Å². The summed E-state index contributed by atoms with van der Waals surface area (Å²) < 4.78 is 5.26. The zero-order chi connectivity index (χ0) is 9.42. The van der Waals surface area contributed by atoms with Crippen molar-refractivity contribution in [3.63, 3.8) is 0 Å². The molecule has 13 heavy (non-hydrogen) atoms. The van der Waals surface area contributed by atoms with Gasteiger partial charge in [0.05, 0.1) is 5.92 Å². The third-order valence-corrected chi connectivity index (χ3v) is 2.54. The molecule has 70 valence electrons. The second kappa shape index (κ2) is 2.87. The van der Waals surface area contributed by atoms with Crippen LogP contribution in [0.5, 0.6) is 0 Å². The molecule has 1 heterocycles. The zero-order valence-corrected chi connectivity index (χ0v) is 7.41. The van der Waals surface area contributed by atoms with E-state index in [9.17, 15) is 4.79 Å². The third-order valence-electron chi connectivity index (χ3n) is 2.54. The van der Waals surface area contributed by atoms with E-state index in [0.29, 0.717) is 17.8 Å². The Kier molecular flexibility index (Phi) is 1.83. The van der Waals surface area contributed by atoms with Gasteiger partial charge in [-0.3, -0.25) is 4.79 Å². The Labute approximate surface area is 75.9 Å². The van der Waals surface area contributed by atoms with E-state index >= 15 is 0 Å². The van der Waals surface area contributed by atoms with Crippen LogP contribution in [0, 0.1) is 5.92 Å². The number of nitrogens with zero attached hydrogens (tertiary/aromatic N) is 1. The highest BCUT2D eigenvalue weighted by Gasteiger charge is 2.36. The van der Waals surface area contributed by atoms with Crippen LogP contribution >= 0.6 is 0 Å². The van der Waals surface area contributed by atoms with Crippen molar-refractivity contribution >= 4 is 11.7 Å². The van der Waals surface area contributed by atoms with Gasteiger partial charge in [0.1, 0.15) is 5.76 Å². The Hall–Kier alpha value is -1.32. The molecule has 0 aromatic rings. The summed E-state index contributed by atoms with van der Waals surface area (Å²) in [5.41, 5.74) is 0.707. The van der Waals surface area contributed by atoms with E-state index in [0.717, 1.165) is 12.8 Å². The first-order valence-electron chi connectivity index (χ1n) is 4.40. The third kappa shape index (κ3) is 1.13. The van der Waals surface area contributed by atoms with E-state index in [4.69, 9.17) is 9.94 Å². The maximum absolute atomic E-state index is 11.5. The van der Waals surface area contributed by atoms with Gasteiger partial charge in [-0.2, -0.15) is 0 Å². The fourth-order valence-corrected chi connectivity index (χ4v) is 1.87. The summed E-state index contributed by atoms with van der Waals surface area (Å²) in [6.07, 6.45) is 2.21. The highest BCUT2D eigenvalue weighted by Crippen LogP contribution is 2.35. The molecule has 1 N–H and O–H groups in total. The van der Waals surface area contributed by atoms with E-state index in [2.05, 4.69) is 5.16 Å². The number of ketones is 1. The average molecular weight is 181 g/mol. The number of carbonyl (C=O) groups excluding carboxylic acids is 1. The molecule has 0 spiro atoms. The summed E-state index contributed by atoms with van der Waals surface area (Å²) in [7, 11) is 0. The number of hydrogen-bond acceptors (Lipinski definition) is 4. The molecule has 4 heteroatoms. The first-order chi connectivity index (χ1) is 6.24. The van der Waals surface area contributed by atoms with Crippen LogP contribution in [0.2, 0.25) is 0 Å². The Balaban J connectivity index is 2.37. The molecule has 0 saturated heterocycles. The highest BCUT2D eigenvalue weighted by atomic mass is 16.5. The van der Waals surface area contributed by atoms with Gasteiger partial charge in [0.15, 0.2) is 5.78 Å². The summed E-state index contributed by atoms with van der Waals surface area (Å²) in [5, 5.41) is 11.6. The lowest BCUT2D eigenvalue weighted by Gasteiger charge is -2.11. The molecular weight excluding hydrogens is 170 g/mol. The lowest BCUT2D eigenvalue weighted by Crippen LogP contribution is -2.15. The monoisotopic (exact) mass is 181 g/mol. The van der Waals surface area contributed by atoms with Crippen LogP contribution in [0.25, 0.3) is 0 Å². The predicted octanol–water partition coefficient (Wildman–Crippen LogP) is 1.45. The van der Waals surface area contributed by atoms with Crippen LogP contribution in [0.15, 0.2) is 16.5 Å². The van der Waals surface area contributed by atoms with E-state index < -0.39 is 0 Å². The maximum Gasteiger partial charge on any atom is 0.238 e. The number of allylic oxidation sites excluding steroid dienone is 1. The maximum atomic E-state index is 11.5. The SMILES string of the molecule is CC1C(=NO)OC2=C1C(=O)CCC2. The normalized spacial score (nSPS) is 30.7. The summed E-state index contributed by atoms with van der Waals surface area (Å²) in [5.74, 6) is 0.914. The van der Waals surface area contributed by atoms with Gasteiger partial charge in [-0.15, -0.1) is 0 Å². The predicted molar refractivity (Wildman–Crippen MR) is 45.4 cm³/mol. The summed E-state index contributed by atoms with van der Waals surface area (Å²) >= 11 is 0. The van der Waals surface area contributed by atoms with Crippen LogP contribution in [-0.4, -0.2) is 16.9 Å². The Morgan fingerprint density at radius 3 is 2.92 bits per heavy atom. The molecule has 0 radical (unpaired) electrons. The number of ether oxygens (including phenoxy) is 1. The molecule has 2 rings (SSSR count). The molecule has 0 bridgehead atoms. The van der Waals surface area contributed by atoms with Crippen molar-refractivity contribution in [2.24, 2.45) is 11.1 Å². The largest absolute Gasteiger partial charge is 0.443 e. The van der Waals surface area contributed by atoms with Gasteiger partial charge < -0.3 is 9.94 Å². The van der Waals surface area contributed by atoms with Crippen LogP contribution in [0.1, 0.15) is 26.2 Å². The molecule has 1 aliphatic carbocycles. The number of carbonyl (C=O) groups is 1. The van der Waals surface area contributed by atoms with E-state index in [1.807, 2.05) is 6.92 Å². The summed E-state index contributed by atoms with van der Waals surface area (Å²) in [4.78, 5) is 11.5. The molecular formula is C9H11NO3. The van der Waals surface area contributed by atoms with Gasteiger partial charge in [0.25, 0.3) is 0 Å². The number of oxime groups is 1. The van der Waals surface area contributed by atoms with E-state index in [-0.39, 0.29) is 17.6 Å². The number of rotatable bonds is 0. The molecule has 1 unspecified atom stereocenters. The van der Waals surface area contributed by atoms with Crippen molar-refractivity contribution in [3.05, 3.63) is 11.3 Å². The standard InChI is InChI=1S/C9H11NO3/c1-5-8-6(11)3-2-4-7(8)13-9(5)10-12/h5,12H,2-4H2,1H3. The average Bonchev–Trinajstić information content (AvgIpc) is 2.44. The van der Waals surface area contributed by atoms with Crippen LogP contribution in [0.4, 0.5) is 0 Å². The molecule has 2 aliphatic rings. The van der Waals surface area contributed by atoms with Gasteiger partial charge in [-0.25, -0.2) is 0 Å². The quantitative estimate of drug-likeness (QED) is 0.454. The molecule has 0 amide bonds. The van der Waals surface area contributed by atoms with Crippen molar-refractivity contribution in [2.75, 3.05) is 0 Å². The summed E-state index contributed by atoms with van der Waals surface area (Å²) in [6, 6.07) is 0. The Morgan fingerprint density at radius 1 is 1.54 bits per heavy atom. The van der Waals surface area contributed by atoms with Gasteiger partial charge in [0, 0.05) is 18.4 Å². The minimum absolute atomic E-state index is 0.132. The fraction of sp³-hybridized carbons (Fsp3) is 0.556. The van der Waals surface area contributed by atoms with Gasteiger partial charge in [-0.1, -0.05) is 5.16 Å². The van der Waals surface area contributed by atoms with E-state index in [1.165, 1.54) is 0 Å². The number of Topliss-reactive ketones (excluding diaryl/α,β-unsaturated/α-hetero) is 1. The molecule has 1 atom stereocenters. The zero-order valence-electron chi connectivity index (χ0n) is 7.41. The lowest BCUT2D eigenvalue weighted by atomic mass is 9.90. The first kappa shape index (κ1) is 8.29. The lowest BCUT2D eigenvalue weighted by molar-refractivity contribution is -0.116. The van der Waals surface area contributed by atoms with Gasteiger partial charge >= 0.3 is 0 Å². The highest BCUT2D eigenvalue weighted by molar-refractivity contribution is 6.04. The Bertz CT molecular complexity index is 317. The smallest absolute Gasteiger partial charge is 0.238 e. The fourth-order valence-electron chi connectivity index (χ4n) is 1.87. The van der Waals surface area contributed by atoms with Crippen molar-refractivity contribution in [3.8, 4) is 0 Å². The molecule has 0 aromatic heterocycles. The van der Waals surface area contributed by atoms with Crippen LogP contribution in [-0.2, 0) is 9.53 Å². The minimum Gasteiger partial charge on any atom is -0.443 e. The van der Waals surface area contributed by atoms with Gasteiger partial charge in [-0.05, 0) is 13.3 Å². The topological polar surface area (TPSA) is 58.9 Å². The molecule has 4 nitrogen and oxygen atoms in total. The summed E-state index contributed by atoms with van der Waals surface area (Å²) in [6.45, 7) is 1.82. The van der Waals surface area contributed by atoms with Gasteiger partial charge in [0.2, 0.25) is 5.90 Å². The van der Waals surface area contributed by atoms with Crippen molar-refractivity contribution in [2.45, 2.75) is 26.2 Å². The van der Waals surface area contributed by atoms with Crippen LogP contribution < -0.4 is 0 Å². The molecule has 0 aromatic carbocycles.